The van der Waals surface area contributed by atoms with E-state index in [1.54, 1.807) is 19.4 Å². The number of aromatic nitrogens is 2. The topological polar surface area (TPSA) is 85.4 Å². The highest BCUT2D eigenvalue weighted by molar-refractivity contribution is 6.00. The Morgan fingerprint density at radius 2 is 2.14 bits per heavy atom. The van der Waals surface area contributed by atoms with Crippen LogP contribution in [0.1, 0.15) is 30.7 Å². The number of carbonyl (C=O) groups is 1. The molecular formula is C22H24N4O3. The number of fused-ring (bicyclic) bond motifs is 1. The Bertz CT molecular complexity index is 1010. The van der Waals surface area contributed by atoms with Gasteiger partial charge in [0.2, 0.25) is 5.88 Å². The monoisotopic (exact) mass is 392 g/mol. The average Bonchev–Trinajstić information content (AvgIpc) is 3.21. The molecule has 0 bridgehead atoms. The number of nitrogens with one attached hydrogen (secondary N) is 2. The normalized spacial score (nSPS) is 18.6. The Hall–Kier alpha value is -3.19. The fourth-order valence-electron chi connectivity index (χ4n) is 3.59. The average molecular weight is 392 g/mol. The van der Waals surface area contributed by atoms with Gasteiger partial charge in [-0.25, -0.2) is 9.78 Å². The molecule has 3 aromatic rings. The van der Waals surface area contributed by atoms with Crippen LogP contribution in [0, 0.1) is 0 Å². The van der Waals surface area contributed by atoms with E-state index in [0.717, 1.165) is 40.7 Å². The highest BCUT2D eigenvalue weighted by Crippen LogP contribution is 2.30. The summed E-state index contributed by atoms with van der Waals surface area (Å²) in [7, 11) is 1.58. The zero-order valence-electron chi connectivity index (χ0n) is 16.5. The first-order chi connectivity index (χ1) is 14.2. The van der Waals surface area contributed by atoms with Gasteiger partial charge in [-0.1, -0.05) is 25.1 Å². The first-order valence-corrected chi connectivity index (χ1v) is 9.75. The van der Waals surface area contributed by atoms with Crippen LogP contribution in [0.25, 0.3) is 10.9 Å². The molecule has 1 aromatic carbocycles. The molecule has 0 spiro atoms. The van der Waals surface area contributed by atoms with Gasteiger partial charge in [0.15, 0.2) is 0 Å². The molecule has 29 heavy (non-hydrogen) atoms. The molecule has 4 rings (SSSR count). The van der Waals surface area contributed by atoms with Crippen molar-refractivity contribution >= 4 is 22.6 Å². The van der Waals surface area contributed by atoms with E-state index in [1.807, 2.05) is 43.3 Å². The summed E-state index contributed by atoms with van der Waals surface area (Å²) < 4.78 is 11.0. The molecule has 0 unspecified atom stereocenters. The lowest BCUT2D eigenvalue weighted by Crippen LogP contribution is -2.39. The number of benzene rings is 1. The lowest BCUT2D eigenvalue weighted by molar-refractivity contribution is 0.100. The number of carbonyl (C=O) groups excluding carboxylic acids is 1. The third-order valence-corrected chi connectivity index (χ3v) is 5.08. The number of ether oxygens (including phenoxy) is 2. The number of hydrogen-bond donors (Lipinski definition) is 2. The van der Waals surface area contributed by atoms with E-state index in [-0.39, 0.29) is 18.2 Å². The number of amides is 2. The zero-order valence-corrected chi connectivity index (χ0v) is 16.5. The standard InChI is InChI=1S/C22H24N4O3/c1-3-15-12-19(16-6-4-5-7-17(16)24-15)26-22(27)25-18-10-11-29-21(18)14-8-9-20(28-2)23-13-14/h4-9,12-13,18,21H,3,10-11H2,1-2H3,(H2,24,25,26,27)/t18-,21+/m1/s1. The molecule has 1 aliphatic heterocycles. The van der Waals surface area contributed by atoms with E-state index < -0.39 is 0 Å². The highest BCUT2D eigenvalue weighted by Gasteiger charge is 2.31. The minimum Gasteiger partial charge on any atom is -0.481 e. The van der Waals surface area contributed by atoms with Gasteiger partial charge in [-0.05, 0) is 31.0 Å². The molecule has 7 nitrogen and oxygen atoms in total. The van der Waals surface area contributed by atoms with Crippen molar-refractivity contribution < 1.29 is 14.3 Å². The molecule has 1 saturated heterocycles. The van der Waals surface area contributed by atoms with Crippen LogP contribution in [0.4, 0.5) is 10.5 Å². The molecule has 2 N–H and O–H groups in total. The van der Waals surface area contributed by atoms with Crippen LogP contribution < -0.4 is 15.4 Å². The minimum atomic E-state index is -0.259. The number of para-hydroxylation sites is 1. The van der Waals surface area contributed by atoms with E-state index in [2.05, 4.69) is 20.6 Å². The van der Waals surface area contributed by atoms with Crippen LogP contribution in [0.5, 0.6) is 5.88 Å². The van der Waals surface area contributed by atoms with E-state index >= 15 is 0 Å². The van der Waals surface area contributed by atoms with Gasteiger partial charge in [-0.3, -0.25) is 4.98 Å². The van der Waals surface area contributed by atoms with E-state index in [4.69, 9.17) is 9.47 Å². The molecule has 3 heterocycles. The molecule has 150 valence electrons. The third-order valence-electron chi connectivity index (χ3n) is 5.08. The highest BCUT2D eigenvalue weighted by atomic mass is 16.5. The maximum absolute atomic E-state index is 12.8. The number of hydrogen-bond acceptors (Lipinski definition) is 5. The van der Waals surface area contributed by atoms with Crippen LogP contribution >= 0.6 is 0 Å². The Morgan fingerprint density at radius 3 is 2.90 bits per heavy atom. The van der Waals surface area contributed by atoms with Gasteiger partial charge in [0.25, 0.3) is 0 Å². The van der Waals surface area contributed by atoms with Crippen LogP contribution in [0.3, 0.4) is 0 Å². The Labute approximate surface area is 169 Å². The quantitative estimate of drug-likeness (QED) is 0.689. The lowest BCUT2D eigenvalue weighted by atomic mass is 10.0. The maximum Gasteiger partial charge on any atom is 0.319 e. The predicted molar refractivity (Wildman–Crippen MR) is 111 cm³/mol. The van der Waals surface area contributed by atoms with Crippen molar-refractivity contribution in [2.24, 2.45) is 0 Å². The molecule has 0 radical (unpaired) electrons. The summed E-state index contributed by atoms with van der Waals surface area (Å²) in [5.41, 5.74) is 3.47. The molecule has 1 fully saturated rings. The van der Waals surface area contributed by atoms with Gasteiger partial charge in [-0.2, -0.15) is 0 Å². The summed E-state index contributed by atoms with van der Waals surface area (Å²) in [6.45, 7) is 2.63. The van der Waals surface area contributed by atoms with Crippen molar-refractivity contribution in [1.29, 1.82) is 0 Å². The van der Waals surface area contributed by atoms with Gasteiger partial charge in [-0.15, -0.1) is 0 Å². The Morgan fingerprint density at radius 1 is 1.28 bits per heavy atom. The Balaban J connectivity index is 1.50. The molecule has 1 aliphatic rings. The summed E-state index contributed by atoms with van der Waals surface area (Å²) in [5, 5.41) is 6.96. The number of urea groups is 1. The summed E-state index contributed by atoms with van der Waals surface area (Å²) in [5.74, 6) is 0.547. The second-order valence-corrected chi connectivity index (χ2v) is 6.95. The number of nitrogens with zero attached hydrogens (tertiary/aromatic N) is 2. The van der Waals surface area contributed by atoms with Crippen molar-refractivity contribution in [3.63, 3.8) is 0 Å². The third kappa shape index (κ3) is 4.14. The minimum absolute atomic E-state index is 0.135. The van der Waals surface area contributed by atoms with Crippen LogP contribution in [0.2, 0.25) is 0 Å². The van der Waals surface area contributed by atoms with Gasteiger partial charge < -0.3 is 20.1 Å². The van der Waals surface area contributed by atoms with Crippen LogP contribution in [0.15, 0.2) is 48.7 Å². The molecule has 2 atom stereocenters. The molecule has 7 heteroatoms. The van der Waals surface area contributed by atoms with Gasteiger partial charge >= 0.3 is 6.03 Å². The number of aryl methyl sites for hydroxylation is 1. The molecule has 0 saturated carbocycles. The van der Waals surface area contributed by atoms with Crippen molar-refractivity contribution in [2.75, 3.05) is 19.0 Å². The Kier molecular flexibility index (Phi) is 5.57. The van der Waals surface area contributed by atoms with Crippen molar-refractivity contribution in [2.45, 2.75) is 31.9 Å². The van der Waals surface area contributed by atoms with Gasteiger partial charge in [0.05, 0.1) is 24.4 Å². The summed E-state index contributed by atoms with van der Waals surface area (Å²) >= 11 is 0. The number of methoxy groups -OCH3 is 1. The largest absolute Gasteiger partial charge is 0.481 e. The first kappa shape index (κ1) is 19.1. The summed E-state index contributed by atoms with van der Waals surface area (Å²) in [4.78, 5) is 21.6. The van der Waals surface area contributed by atoms with Crippen molar-refractivity contribution in [3.8, 4) is 5.88 Å². The molecule has 2 aromatic heterocycles. The number of rotatable bonds is 5. The number of anilines is 1. The fourth-order valence-corrected chi connectivity index (χ4v) is 3.59. The lowest BCUT2D eigenvalue weighted by Gasteiger charge is -2.21. The van der Waals surface area contributed by atoms with Gasteiger partial charge in [0.1, 0.15) is 6.10 Å². The van der Waals surface area contributed by atoms with Crippen LogP contribution in [-0.4, -0.2) is 35.8 Å². The summed E-state index contributed by atoms with van der Waals surface area (Å²) in [6, 6.07) is 13.0. The smallest absolute Gasteiger partial charge is 0.319 e. The molecular weight excluding hydrogens is 368 g/mol. The summed E-state index contributed by atoms with van der Waals surface area (Å²) in [6.07, 6.45) is 3.02. The number of pyridine rings is 2. The van der Waals surface area contributed by atoms with E-state index in [0.29, 0.717) is 12.5 Å². The zero-order chi connectivity index (χ0) is 20.2. The molecule has 2 amide bonds. The predicted octanol–water partition coefficient (Wildman–Crippen LogP) is 3.85. The molecule has 0 aliphatic carbocycles. The van der Waals surface area contributed by atoms with E-state index in [1.165, 1.54) is 0 Å². The van der Waals surface area contributed by atoms with Crippen molar-refractivity contribution in [3.05, 3.63) is 59.9 Å². The van der Waals surface area contributed by atoms with Crippen molar-refractivity contribution in [1.82, 2.24) is 15.3 Å². The second kappa shape index (κ2) is 8.45. The first-order valence-electron chi connectivity index (χ1n) is 9.75. The fraction of sp³-hybridized carbons (Fsp3) is 0.318. The van der Waals surface area contributed by atoms with Gasteiger partial charge in [0, 0.05) is 35.5 Å². The SMILES string of the molecule is CCc1cc(NC(=O)N[C@@H]2CCO[C@H]2c2ccc(OC)nc2)c2ccccc2n1. The van der Waals surface area contributed by atoms with Crippen LogP contribution in [-0.2, 0) is 11.2 Å². The maximum atomic E-state index is 12.8. The second-order valence-electron chi connectivity index (χ2n) is 6.95. The van der Waals surface area contributed by atoms with E-state index in [9.17, 15) is 4.79 Å².